The zero-order valence-corrected chi connectivity index (χ0v) is 21.2. The molecule has 2 aliphatic heterocycles. The number of aryl methyl sites for hydroxylation is 2. The number of aromatic nitrogens is 2. The smallest absolute Gasteiger partial charge is 0.334 e. The summed E-state index contributed by atoms with van der Waals surface area (Å²) in [6.07, 6.45) is 2.91. The second-order valence-corrected chi connectivity index (χ2v) is 10.3. The van der Waals surface area contributed by atoms with Crippen molar-refractivity contribution < 1.29 is 18.0 Å². The normalized spacial score (nSPS) is 20.5. The average molecular weight is 511 g/mol. The Morgan fingerprint density at radius 2 is 1.80 bits per heavy atom. The van der Waals surface area contributed by atoms with Gasteiger partial charge >= 0.3 is 6.18 Å². The lowest BCUT2D eigenvalue weighted by molar-refractivity contribution is -0.146. The molecule has 35 heavy (non-hydrogen) atoms. The second kappa shape index (κ2) is 10.9. The van der Waals surface area contributed by atoms with Crippen LogP contribution in [0.25, 0.3) is 0 Å². The Balaban J connectivity index is 0.000000421. The third-order valence-electron chi connectivity index (χ3n) is 6.94. The Hall–Kier alpha value is -2.06. The zero-order valence-electron chi connectivity index (χ0n) is 20.4. The molecule has 0 radical (unpaired) electrons. The van der Waals surface area contributed by atoms with Crippen LogP contribution in [-0.2, 0) is 17.5 Å². The first kappa shape index (κ1) is 26.0. The van der Waals surface area contributed by atoms with Crippen LogP contribution in [0.2, 0.25) is 5.02 Å². The van der Waals surface area contributed by atoms with Crippen LogP contribution in [0.15, 0.2) is 18.2 Å². The molecular weight excluding hydrogens is 477 g/mol. The van der Waals surface area contributed by atoms with Gasteiger partial charge in [0.25, 0.3) is 0 Å². The fourth-order valence-electron chi connectivity index (χ4n) is 5.00. The molecule has 1 N–H and O–H groups in total. The first-order valence-electron chi connectivity index (χ1n) is 12.6. The van der Waals surface area contributed by atoms with Crippen LogP contribution in [0.5, 0.6) is 0 Å². The quantitative estimate of drug-likeness (QED) is 0.535. The summed E-state index contributed by atoms with van der Waals surface area (Å²) >= 11 is 6.50. The summed E-state index contributed by atoms with van der Waals surface area (Å²) < 4.78 is 41.2. The lowest BCUT2D eigenvalue weighted by atomic mass is 9.99. The van der Waals surface area contributed by atoms with Gasteiger partial charge in [0, 0.05) is 17.5 Å². The van der Waals surface area contributed by atoms with Gasteiger partial charge in [0.1, 0.15) is 12.2 Å². The predicted molar refractivity (Wildman–Crippen MR) is 131 cm³/mol. The first-order valence-corrected chi connectivity index (χ1v) is 12.9. The third-order valence-corrected chi connectivity index (χ3v) is 7.45. The minimum atomic E-state index is -4.54. The predicted octanol–water partition coefficient (Wildman–Crippen LogP) is 6.17. The summed E-state index contributed by atoms with van der Waals surface area (Å²) in [6.45, 7) is 6.47. The number of nitrogens with zero attached hydrogens (tertiary/aromatic N) is 3. The van der Waals surface area contributed by atoms with E-state index in [1.807, 2.05) is 26.0 Å². The summed E-state index contributed by atoms with van der Waals surface area (Å²) in [5.41, 5.74) is 2.42. The van der Waals surface area contributed by atoms with E-state index in [-0.39, 0.29) is 17.9 Å². The van der Waals surface area contributed by atoms with Crippen LogP contribution in [0.1, 0.15) is 85.0 Å². The number of carbonyl (C=O) groups excluding carboxylic acids is 1. The fourth-order valence-corrected chi connectivity index (χ4v) is 5.23. The van der Waals surface area contributed by atoms with Gasteiger partial charge in [0.05, 0.1) is 11.7 Å². The number of amides is 1. The maximum Gasteiger partial charge on any atom is 0.433 e. The number of halogens is 4. The minimum absolute atomic E-state index is 0.0843. The van der Waals surface area contributed by atoms with Gasteiger partial charge < -0.3 is 10.2 Å². The maximum atomic E-state index is 13.5. The Kier molecular flexibility index (Phi) is 8.11. The standard InChI is InChI=1S/C21H23ClF3N3O.C5H11N/c1-12-8-13(2)20(22)15(9-12)17-4-3-7-27(17)19(29)11-28-18(21(23,24)25)10-16(26-28)14-5-6-14;1-2-4-6-5-3-1/h8-10,14,17H,3-7,11H2,1-2H3;6H,1-5H2/t17-;/m1./s1. The number of carbonyl (C=O) groups is 1. The molecule has 1 aromatic carbocycles. The molecule has 2 saturated heterocycles. The molecule has 1 saturated carbocycles. The highest BCUT2D eigenvalue weighted by Gasteiger charge is 2.40. The number of nitrogens with one attached hydrogen (secondary N) is 1. The number of piperidine rings is 1. The molecular formula is C26H34ClF3N4O. The molecule has 0 unspecified atom stereocenters. The molecule has 0 bridgehead atoms. The van der Waals surface area contributed by atoms with E-state index in [0.29, 0.717) is 17.3 Å². The van der Waals surface area contributed by atoms with E-state index in [4.69, 9.17) is 11.6 Å². The molecule has 0 spiro atoms. The second-order valence-electron chi connectivity index (χ2n) is 9.92. The van der Waals surface area contributed by atoms with E-state index in [2.05, 4.69) is 10.4 Å². The summed E-state index contributed by atoms with van der Waals surface area (Å²) in [6, 6.07) is 4.81. The highest BCUT2D eigenvalue weighted by atomic mass is 35.5. The number of likely N-dealkylation sites (tertiary alicyclic amines) is 1. The molecule has 3 heterocycles. The number of benzene rings is 1. The van der Waals surface area contributed by atoms with E-state index >= 15 is 0 Å². The molecule has 1 aromatic heterocycles. The first-order chi connectivity index (χ1) is 16.6. The third kappa shape index (κ3) is 6.39. The summed E-state index contributed by atoms with van der Waals surface area (Å²) in [5.74, 6) is -0.278. The molecule has 3 fully saturated rings. The average Bonchev–Trinajstić information content (AvgIpc) is 3.38. The van der Waals surface area contributed by atoms with E-state index in [1.165, 1.54) is 32.4 Å². The maximum absolute atomic E-state index is 13.5. The highest BCUT2D eigenvalue weighted by Crippen LogP contribution is 2.42. The van der Waals surface area contributed by atoms with Crippen molar-refractivity contribution in [3.8, 4) is 0 Å². The van der Waals surface area contributed by atoms with Crippen molar-refractivity contribution in [3.63, 3.8) is 0 Å². The van der Waals surface area contributed by atoms with Crippen molar-refractivity contribution in [2.75, 3.05) is 19.6 Å². The Morgan fingerprint density at radius 1 is 1.09 bits per heavy atom. The lowest BCUT2D eigenvalue weighted by Gasteiger charge is -2.27. The van der Waals surface area contributed by atoms with E-state index in [0.717, 1.165) is 53.1 Å². The van der Waals surface area contributed by atoms with Crippen molar-refractivity contribution in [1.29, 1.82) is 0 Å². The highest BCUT2D eigenvalue weighted by molar-refractivity contribution is 6.32. The number of hydrogen-bond donors (Lipinski definition) is 1. The van der Waals surface area contributed by atoms with Crippen molar-refractivity contribution in [2.24, 2.45) is 0 Å². The molecule has 1 aliphatic carbocycles. The van der Waals surface area contributed by atoms with Gasteiger partial charge in [-0.2, -0.15) is 18.3 Å². The van der Waals surface area contributed by atoms with Crippen molar-refractivity contribution >= 4 is 17.5 Å². The molecule has 9 heteroatoms. The van der Waals surface area contributed by atoms with Gasteiger partial charge in [-0.15, -0.1) is 0 Å². The van der Waals surface area contributed by atoms with Crippen molar-refractivity contribution in [1.82, 2.24) is 20.0 Å². The molecule has 5 rings (SSSR count). The topological polar surface area (TPSA) is 50.2 Å². The van der Waals surface area contributed by atoms with Gasteiger partial charge in [-0.05, 0) is 82.7 Å². The molecule has 1 atom stereocenters. The van der Waals surface area contributed by atoms with E-state index < -0.39 is 18.4 Å². The number of hydrogen-bond acceptors (Lipinski definition) is 3. The fraction of sp³-hybridized carbons (Fsp3) is 0.615. The molecule has 192 valence electrons. The van der Waals surface area contributed by atoms with Gasteiger partial charge in [0.15, 0.2) is 0 Å². The molecule has 3 aliphatic rings. The van der Waals surface area contributed by atoms with Crippen LogP contribution >= 0.6 is 11.6 Å². The molecule has 2 aromatic rings. The minimum Gasteiger partial charge on any atom is -0.334 e. The van der Waals surface area contributed by atoms with Gasteiger partial charge in [-0.25, -0.2) is 0 Å². The summed E-state index contributed by atoms with van der Waals surface area (Å²) in [5, 5.41) is 8.02. The van der Waals surface area contributed by atoms with Gasteiger partial charge in [-0.3, -0.25) is 9.48 Å². The Bertz CT molecular complexity index is 1030. The van der Waals surface area contributed by atoms with Crippen LogP contribution in [0.3, 0.4) is 0 Å². The molecule has 1 amide bonds. The summed E-state index contributed by atoms with van der Waals surface area (Å²) in [7, 11) is 0. The van der Waals surface area contributed by atoms with E-state index in [9.17, 15) is 18.0 Å². The Labute approximate surface area is 210 Å². The van der Waals surface area contributed by atoms with Crippen LogP contribution < -0.4 is 5.32 Å². The number of rotatable bonds is 4. The Morgan fingerprint density at radius 3 is 2.37 bits per heavy atom. The lowest BCUT2D eigenvalue weighted by Crippen LogP contribution is -2.34. The van der Waals surface area contributed by atoms with Gasteiger partial charge in [-0.1, -0.05) is 35.7 Å². The summed E-state index contributed by atoms with van der Waals surface area (Å²) in [4.78, 5) is 14.7. The molecule has 5 nitrogen and oxygen atoms in total. The van der Waals surface area contributed by atoms with Crippen LogP contribution in [0.4, 0.5) is 13.2 Å². The monoisotopic (exact) mass is 510 g/mol. The number of alkyl halides is 3. The largest absolute Gasteiger partial charge is 0.433 e. The van der Waals surface area contributed by atoms with Crippen LogP contribution in [-0.4, -0.2) is 40.2 Å². The van der Waals surface area contributed by atoms with Crippen molar-refractivity contribution in [2.45, 2.75) is 83.5 Å². The van der Waals surface area contributed by atoms with Gasteiger partial charge in [0.2, 0.25) is 5.91 Å². The van der Waals surface area contributed by atoms with Crippen LogP contribution in [0, 0.1) is 13.8 Å². The van der Waals surface area contributed by atoms with Crippen molar-refractivity contribution in [3.05, 3.63) is 51.3 Å². The SMILES string of the molecule is C1CCNCC1.Cc1cc(C)c(Cl)c([C@H]2CCCN2C(=O)Cn2nc(C3CC3)cc2C(F)(F)F)c1. The van der Waals surface area contributed by atoms with E-state index in [1.54, 1.807) is 4.90 Å². The zero-order chi connectivity index (χ0) is 25.2.